The lowest BCUT2D eigenvalue weighted by Crippen LogP contribution is -2.41. The van der Waals surface area contributed by atoms with Crippen LogP contribution in [0.3, 0.4) is 0 Å². The fourth-order valence-electron chi connectivity index (χ4n) is 4.65. The molecule has 0 unspecified atom stereocenters. The molecule has 30 heavy (non-hydrogen) atoms. The van der Waals surface area contributed by atoms with Gasteiger partial charge in [0.1, 0.15) is 0 Å². The molecule has 0 aliphatic carbocycles. The van der Waals surface area contributed by atoms with Gasteiger partial charge >= 0.3 is 0 Å². The number of piperidine rings is 1. The highest BCUT2D eigenvalue weighted by Gasteiger charge is 2.34. The van der Waals surface area contributed by atoms with E-state index in [4.69, 9.17) is 4.74 Å². The van der Waals surface area contributed by atoms with Crippen molar-refractivity contribution in [3.05, 3.63) is 35.4 Å². The van der Waals surface area contributed by atoms with Crippen LogP contribution in [0.25, 0.3) is 0 Å². The van der Waals surface area contributed by atoms with Crippen LogP contribution in [-0.2, 0) is 9.53 Å². The number of carbonyl (C=O) groups is 3. The van der Waals surface area contributed by atoms with Crippen LogP contribution in [0.15, 0.2) is 24.3 Å². The van der Waals surface area contributed by atoms with Gasteiger partial charge in [-0.2, -0.15) is 0 Å². The molecule has 3 aliphatic rings. The van der Waals surface area contributed by atoms with Crippen LogP contribution < -0.4 is 0 Å². The monoisotopic (exact) mass is 413 g/mol. The van der Waals surface area contributed by atoms with Gasteiger partial charge in [0.15, 0.2) is 0 Å². The molecule has 0 saturated carbocycles. The summed E-state index contributed by atoms with van der Waals surface area (Å²) in [4.78, 5) is 43.1. The Morgan fingerprint density at radius 3 is 2.20 bits per heavy atom. The molecule has 3 amide bonds. The Bertz CT molecular complexity index is 747. The number of nitrogens with zero attached hydrogens (tertiary/aromatic N) is 3. The first-order valence-electron chi connectivity index (χ1n) is 11.2. The zero-order valence-electron chi connectivity index (χ0n) is 17.6. The summed E-state index contributed by atoms with van der Waals surface area (Å²) >= 11 is 0. The molecule has 2 saturated heterocycles. The summed E-state index contributed by atoms with van der Waals surface area (Å²) in [5.74, 6) is 0.335. The van der Waals surface area contributed by atoms with E-state index in [1.165, 1.54) is 11.3 Å². The lowest BCUT2D eigenvalue weighted by molar-refractivity contribution is -0.132. The number of amides is 3. The molecule has 4 rings (SSSR count). The molecule has 7 heteroatoms. The largest absolute Gasteiger partial charge is 0.379 e. The van der Waals surface area contributed by atoms with Crippen molar-refractivity contribution in [2.24, 2.45) is 5.92 Å². The van der Waals surface area contributed by atoms with E-state index in [9.17, 15) is 14.4 Å². The quantitative estimate of drug-likeness (QED) is 0.640. The Kier molecular flexibility index (Phi) is 6.79. The van der Waals surface area contributed by atoms with Gasteiger partial charge < -0.3 is 9.64 Å². The second-order valence-corrected chi connectivity index (χ2v) is 8.48. The van der Waals surface area contributed by atoms with Gasteiger partial charge in [-0.05, 0) is 50.3 Å². The molecule has 162 valence electrons. The van der Waals surface area contributed by atoms with Gasteiger partial charge in [-0.15, -0.1) is 0 Å². The number of morpholine rings is 1. The number of ether oxygens (including phenoxy) is 1. The van der Waals surface area contributed by atoms with Gasteiger partial charge in [-0.1, -0.05) is 12.1 Å². The van der Waals surface area contributed by atoms with Crippen molar-refractivity contribution in [3.63, 3.8) is 0 Å². The average Bonchev–Trinajstić information content (AvgIpc) is 3.04. The normalized spacial score (nSPS) is 20.7. The molecule has 0 aromatic heterocycles. The second kappa shape index (κ2) is 9.71. The minimum Gasteiger partial charge on any atom is -0.379 e. The SMILES string of the molecule is O=C(CCCN1C(=O)c2ccccc2C1=O)N1CCC(CCN2CCOCC2)CC1. The molecule has 0 bridgehead atoms. The summed E-state index contributed by atoms with van der Waals surface area (Å²) in [6.45, 7) is 6.81. The van der Waals surface area contributed by atoms with E-state index in [2.05, 4.69) is 4.90 Å². The zero-order chi connectivity index (χ0) is 20.9. The third kappa shape index (κ3) is 4.73. The van der Waals surface area contributed by atoms with Gasteiger partial charge in [0.25, 0.3) is 11.8 Å². The Labute approximate surface area is 177 Å². The molecular formula is C23H31N3O4. The lowest BCUT2D eigenvalue weighted by Gasteiger charge is -2.34. The molecule has 1 aromatic rings. The highest BCUT2D eigenvalue weighted by molar-refractivity contribution is 6.21. The number of carbonyl (C=O) groups excluding carboxylic acids is 3. The number of imide groups is 1. The third-order valence-electron chi connectivity index (χ3n) is 6.58. The molecule has 0 N–H and O–H groups in total. The highest BCUT2D eigenvalue weighted by atomic mass is 16.5. The molecule has 0 atom stereocenters. The summed E-state index contributed by atoms with van der Waals surface area (Å²) in [5, 5.41) is 0. The van der Waals surface area contributed by atoms with E-state index < -0.39 is 0 Å². The van der Waals surface area contributed by atoms with Gasteiger partial charge in [-0.25, -0.2) is 0 Å². The van der Waals surface area contributed by atoms with Crippen LogP contribution >= 0.6 is 0 Å². The maximum absolute atomic E-state index is 12.6. The van der Waals surface area contributed by atoms with E-state index >= 15 is 0 Å². The van der Waals surface area contributed by atoms with Crippen molar-refractivity contribution in [1.82, 2.24) is 14.7 Å². The summed E-state index contributed by atoms with van der Waals surface area (Å²) < 4.78 is 5.40. The fourth-order valence-corrected chi connectivity index (χ4v) is 4.65. The van der Waals surface area contributed by atoms with Crippen molar-refractivity contribution in [3.8, 4) is 0 Å². The Morgan fingerprint density at radius 1 is 0.933 bits per heavy atom. The third-order valence-corrected chi connectivity index (χ3v) is 6.58. The summed E-state index contributed by atoms with van der Waals surface area (Å²) in [7, 11) is 0. The first-order valence-corrected chi connectivity index (χ1v) is 11.2. The number of likely N-dealkylation sites (tertiary alicyclic amines) is 1. The van der Waals surface area contributed by atoms with Gasteiger partial charge in [0.05, 0.1) is 24.3 Å². The molecular weight excluding hydrogens is 382 g/mol. The molecule has 3 aliphatic heterocycles. The summed E-state index contributed by atoms with van der Waals surface area (Å²) in [6.07, 6.45) is 4.22. The maximum atomic E-state index is 12.6. The molecule has 3 heterocycles. The first kappa shape index (κ1) is 21.0. The Hall–Kier alpha value is -2.25. The number of benzene rings is 1. The van der Waals surface area contributed by atoms with Gasteiger partial charge in [0.2, 0.25) is 5.91 Å². The van der Waals surface area contributed by atoms with E-state index in [-0.39, 0.29) is 17.7 Å². The van der Waals surface area contributed by atoms with Crippen molar-refractivity contribution in [2.75, 3.05) is 52.5 Å². The van der Waals surface area contributed by atoms with Crippen LogP contribution in [-0.4, -0.2) is 84.9 Å². The summed E-state index contributed by atoms with van der Waals surface area (Å²) in [6, 6.07) is 6.90. The van der Waals surface area contributed by atoms with Crippen LogP contribution in [0, 0.1) is 5.92 Å². The number of hydrogen-bond acceptors (Lipinski definition) is 5. The number of rotatable bonds is 7. The molecule has 0 spiro atoms. The van der Waals surface area contributed by atoms with Crippen LogP contribution in [0.4, 0.5) is 0 Å². The van der Waals surface area contributed by atoms with Crippen molar-refractivity contribution in [1.29, 1.82) is 0 Å². The molecule has 0 radical (unpaired) electrons. The van der Waals surface area contributed by atoms with Crippen LogP contribution in [0.5, 0.6) is 0 Å². The van der Waals surface area contributed by atoms with E-state index in [0.29, 0.717) is 36.4 Å². The van der Waals surface area contributed by atoms with Gasteiger partial charge in [-0.3, -0.25) is 24.2 Å². The van der Waals surface area contributed by atoms with E-state index in [1.54, 1.807) is 24.3 Å². The van der Waals surface area contributed by atoms with Crippen LogP contribution in [0.1, 0.15) is 52.8 Å². The standard InChI is InChI=1S/C23H31N3O4/c27-21(6-3-10-26-22(28)19-4-1-2-5-20(19)23(26)29)25-12-8-18(9-13-25)7-11-24-14-16-30-17-15-24/h1-2,4-5,18H,3,6-17H2. The minimum absolute atomic E-state index is 0.137. The zero-order valence-corrected chi connectivity index (χ0v) is 17.6. The Balaban J connectivity index is 1.15. The van der Waals surface area contributed by atoms with E-state index in [0.717, 1.165) is 58.8 Å². The minimum atomic E-state index is -0.246. The van der Waals surface area contributed by atoms with Crippen LogP contribution in [0.2, 0.25) is 0 Å². The predicted molar refractivity (Wildman–Crippen MR) is 112 cm³/mol. The van der Waals surface area contributed by atoms with Crippen molar-refractivity contribution >= 4 is 17.7 Å². The number of fused-ring (bicyclic) bond motifs is 1. The van der Waals surface area contributed by atoms with Gasteiger partial charge in [0, 0.05) is 39.1 Å². The highest BCUT2D eigenvalue weighted by Crippen LogP contribution is 2.24. The first-order chi connectivity index (χ1) is 14.6. The van der Waals surface area contributed by atoms with Crippen molar-refractivity contribution in [2.45, 2.75) is 32.1 Å². The molecule has 7 nitrogen and oxygen atoms in total. The molecule has 2 fully saturated rings. The second-order valence-electron chi connectivity index (χ2n) is 8.48. The Morgan fingerprint density at radius 2 is 1.57 bits per heavy atom. The van der Waals surface area contributed by atoms with E-state index in [1.807, 2.05) is 4.90 Å². The number of hydrogen-bond donors (Lipinski definition) is 0. The predicted octanol–water partition coefficient (Wildman–Crippen LogP) is 2.02. The van der Waals surface area contributed by atoms with Crippen molar-refractivity contribution < 1.29 is 19.1 Å². The summed E-state index contributed by atoms with van der Waals surface area (Å²) in [5.41, 5.74) is 0.931. The smallest absolute Gasteiger partial charge is 0.261 e. The average molecular weight is 414 g/mol. The topological polar surface area (TPSA) is 70.2 Å². The fraction of sp³-hybridized carbons (Fsp3) is 0.609. The lowest BCUT2D eigenvalue weighted by atomic mass is 9.93. The molecule has 1 aromatic carbocycles. The maximum Gasteiger partial charge on any atom is 0.261 e.